The van der Waals surface area contributed by atoms with E-state index in [1.54, 1.807) is 11.6 Å². The Kier molecular flexibility index (Phi) is 1.52. The summed E-state index contributed by atoms with van der Waals surface area (Å²) in [4.78, 5) is 11.6. The maximum Gasteiger partial charge on any atom is 0.348 e. The number of nitrogens with zero attached hydrogens (tertiary/aromatic N) is 3. The molecule has 0 unspecified atom stereocenters. The molecule has 0 N–H and O–H groups in total. The molecule has 1 aliphatic rings. The molecule has 13 heavy (non-hydrogen) atoms. The number of hydrogen-bond donors (Lipinski definition) is 0. The van der Waals surface area contributed by atoms with E-state index >= 15 is 0 Å². The van der Waals surface area contributed by atoms with E-state index in [-0.39, 0.29) is 11.2 Å². The van der Waals surface area contributed by atoms with Gasteiger partial charge >= 0.3 is 11.7 Å². The summed E-state index contributed by atoms with van der Waals surface area (Å²) in [5.41, 5.74) is -0.159. The molecule has 0 radical (unpaired) electrons. The van der Waals surface area contributed by atoms with Crippen molar-refractivity contribution in [3.8, 4) is 6.01 Å². The van der Waals surface area contributed by atoms with E-state index in [1.165, 1.54) is 11.8 Å². The van der Waals surface area contributed by atoms with Crippen molar-refractivity contribution in [2.75, 3.05) is 7.11 Å². The van der Waals surface area contributed by atoms with Crippen molar-refractivity contribution in [1.82, 2.24) is 14.3 Å². The lowest BCUT2D eigenvalue weighted by atomic mass is 10.3. The second-order valence-corrected chi connectivity index (χ2v) is 3.73. The van der Waals surface area contributed by atoms with Gasteiger partial charge < -0.3 is 4.74 Å². The first-order valence-electron chi connectivity index (χ1n) is 4.29. The van der Waals surface area contributed by atoms with Crippen LogP contribution in [0.3, 0.4) is 0 Å². The fourth-order valence-electron chi connectivity index (χ4n) is 1.44. The standard InChI is InChI=1S/C8H13N3O2/c1-8(4-5-8)11-6(13-3)9-10(2)7(11)12/h4-5H2,1-3H3. The monoisotopic (exact) mass is 183 g/mol. The summed E-state index contributed by atoms with van der Waals surface area (Å²) in [6, 6.07) is 0.410. The van der Waals surface area contributed by atoms with Crippen LogP contribution in [0.25, 0.3) is 0 Å². The lowest BCUT2D eigenvalue weighted by Crippen LogP contribution is -2.29. The quantitative estimate of drug-likeness (QED) is 0.653. The Morgan fingerprint density at radius 1 is 1.54 bits per heavy atom. The predicted octanol–water partition coefficient (Wildman–Crippen LogP) is 0.0994. The van der Waals surface area contributed by atoms with Gasteiger partial charge in [0.2, 0.25) is 0 Å². The van der Waals surface area contributed by atoms with Gasteiger partial charge in [0.05, 0.1) is 12.6 Å². The Labute approximate surface area is 75.9 Å². The SMILES string of the molecule is COc1nn(C)c(=O)n1C1(C)CC1. The highest BCUT2D eigenvalue weighted by molar-refractivity contribution is 5.07. The van der Waals surface area contributed by atoms with Crippen LogP contribution in [-0.4, -0.2) is 21.5 Å². The Bertz CT molecular complexity index is 387. The molecule has 0 aromatic carbocycles. The average molecular weight is 183 g/mol. The minimum absolute atomic E-state index is 0.0588. The van der Waals surface area contributed by atoms with Crippen LogP contribution < -0.4 is 10.4 Å². The molecular weight excluding hydrogens is 170 g/mol. The van der Waals surface area contributed by atoms with Crippen LogP contribution in [-0.2, 0) is 12.6 Å². The van der Waals surface area contributed by atoms with Gasteiger partial charge in [0.1, 0.15) is 0 Å². The van der Waals surface area contributed by atoms with Gasteiger partial charge in [0, 0.05) is 7.05 Å². The summed E-state index contributed by atoms with van der Waals surface area (Å²) in [5.74, 6) is 0. The van der Waals surface area contributed by atoms with Crippen molar-refractivity contribution >= 4 is 0 Å². The third-order valence-electron chi connectivity index (χ3n) is 2.59. The minimum atomic E-state index is -0.100. The van der Waals surface area contributed by atoms with Gasteiger partial charge in [0.25, 0.3) is 0 Å². The van der Waals surface area contributed by atoms with Crippen molar-refractivity contribution in [3.63, 3.8) is 0 Å². The van der Waals surface area contributed by atoms with E-state index in [2.05, 4.69) is 5.10 Å². The second kappa shape index (κ2) is 2.37. The number of rotatable bonds is 2. The number of hydrogen-bond acceptors (Lipinski definition) is 3. The van der Waals surface area contributed by atoms with E-state index in [4.69, 9.17) is 4.74 Å². The van der Waals surface area contributed by atoms with Crippen LogP contribution in [0.15, 0.2) is 4.79 Å². The van der Waals surface area contributed by atoms with Crippen LogP contribution in [0.4, 0.5) is 0 Å². The molecule has 2 rings (SSSR count). The van der Waals surface area contributed by atoms with Gasteiger partial charge in [-0.15, -0.1) is 5.10 Å². The first-order chi connectivity index (χ1) is 6.08. The van der Waals surface area contributed by atoms with Crippen molar-refractivity contribution < 1.29 is 4.74 Å². The lowest BCUT2D eigenvalue weighted by molar-refractivity contribution is 0.330. The molecule has 1 saturated carbocycles. The zero-order chi connectivity index (χ0) is 9.64. The molecule has 1 heterocycles. The number of methoxy groups -OCH3 is 1. The minimum Gasteiger partial charge on any atom is -0.467 e. The molecule has 5 heteroatoms. The third-order valence-corrected chi connectivity index (χ3v) is 2.59. The molecule has 0 atom stereocenters. The van der Waals surface area contributed by atoms with Crippen molar-refractivity contribution in [1.29, 1.82) is 0 Å². The van der Waals surface area contributed by atoms with E-state index in [9.17, 15) is 4.79 Å². The van der Waals surface area contributed by atoms with Crippen molar-refractivity contribution in [2.45, 2.75) is 25.3 Å². The number of aromatic nitrogens is 3. The maximum absolute atomic E-state index is 11.6. The molecule has 0 saturated heterocycles. The molecule has 0 bridgehead atoms. The van der Waals surface area contributed by atoms with Gasteiger partial charge in [-0.3, -0.25) is 0 Å². The average Bonchev–Trinajstić information content (AvgIpc) is 2.75. The summed E-state index contributed by atoms with van der Waals surface area (Å²) in [6.45, 7) is 2.04. The molecule has 1 fully saturated rings. The normalized spacial score (nSPS) is 18.7. The van der Waals surface area contributed by atoms with Crippen LogP contribution in [0.2, 0.25) is 0 Å². The van der Waals surface area contributed by atoms with E-state index in [0.29, 0.717) is 6.01 Å². The van der Waals surface area contributed by atoms with Gasteiger partial charge in [-0.25, -0.2) is 14.0 Å². The maximum atomic E-state index is 11.6. The molecule has 1 aliphatic carbocycles. The zero-order valence-electron chi connectivity index (χ0n) is 8.07. The van der Waals surface area contributed by atoms with Crippen LogP contribution in [0, 0.1) is 0 Å². The molecule has 0 amide bonds. The topological polar surface area (TPSA) is 49.1 Å². The Balaban J connectivity index is 2.60. The zero-order valence-corrected chi connectivity index (χ0v) is 8.07. The molecule has 0 aliphatic heterocycles. The summed E-state index contributed by atoms with van der Waals surface area (Å²) in [7, 11) is 3.16. The summed E-state index contributed by atoms with van der Waals surface area (Å²) in [5, 5.41) is 3.98. The summed E-state index contributed by atoms with van der Waals surface area (Å²) < 4.78 is 7.98. The molecule has 1 aromatic heterocycles. The fourth-order valence-corrected chi connectivity index (χ4v) is 1.44. The first-order valence-corrected chi connectivity index (χ1v) is 4.29. The van der Waals surface area contributed by atoms with Gasteiger partial charge in [0.15, 0.2) is 0 Å². The fraction of sp³-hybridized carbons (Fsp3) is 0.750. The van der Waals surface area contributed by atoms with E-state index < -0.39 is 0 Å². The van der Waals surface area contributed by atoms with Gasteiger partial charge in [-0.05, 0) is 19.8 Å². The van der Waals surface area contributed by atoms with Crippen molar-refractivity contribution in [3.05, 3.63) is 10.5 Å². The largest absolute Gasteiger partial charge is 0.467 e. The Hall–Kier alpha value is -1.26. The van der Waals surface area contributed by atoms with Crippen LogP contribution >= 0.6 is 0 Å². The highest BCUT2D eigenvalue weighted by atomic mass is 16.5. The molecular formula is C8H13N3O2. The van der Waals surface area contributed by atoms with Crippen LogP contribution in [0.1, 0.15) is 19.8 Å². The lowest BCUT2D eigenvalue weighted by Gasteiger charge is -2.09. The first kappa shape index (κ1) is 8.34. The van der Waals surface area contributed by atoms with Crippen LogP contribution in [0.5, 0.6) is 6.01 Å². The van der Waals surface area contributed by atoms with E-state index in [0.717, 1.165) is 12.8 Å². The number of ether oxygens (including phenoxy) is 1. The molecule has 0 spiro atoms. The smallest absolute Gasteiger partial charge is 0.348 e. The highest BCUT2D eigenvalue weighted by Crippen LogP contribution is 2.43. The molecule has 5 nitrogen and oxygen atoms in total. The Morgan fingerprint density at radius 2 is 2.15 bits per heavy atom. The predicted molar refractivity (Wildman–Crippen MR) is 46.9 cm³/mol. The third kappa shape index (κ3) is 1.07. The number of aryl methyl sites for hydroxylation is 1. The molecule has 72 valence electrons. The molecule has 1 aromatic rings. The summed E-state index contributed by atoms with van der Waals surface area (Å²) >= 11 is 0. The Morgan fingerprint density at radius 3 is 2.62 bits per heavy atom. The van der Waals surface area contributed by atoms with Gasteiger partial charge in [-0.1, -0.05) is 0 Å². The second-order valence-electron chi connectivity index (χ2n) is 3.73. The van der Waals surface area contributed by atoms with Gasteiger partial charge in [-0.2, -0.15) is 0 Å². The summed E-state index contributed by atoms with van der Waals surface area (Å²) in [6.07, 6.45) is 2.05. The highest BCUT2D eigenvalue weighted by Gasteiger charge is 2.43. The van der Waals surface area contributed by atoms with E-state index in [1.807, 2.05) is 6.92 Å². The van der Waals surface area contributed by atoms with Crippen molar-refractivity contribution in [2.24, 2.45) is 7.05 Å².